The maximum atomic E-state index is 8.69. The Balaban J connectivity index is 0. The van der Waals surface area contributed by atoms with Crippen molar-refractivity contribution in [2.24, 2.45) is 0 Å². The van der Waals surface area contributed by atoms with E-state index in [-0.39, 0.29) is 17.4 Å². The third-order valence-electron chi connectivity index (χ3n) is 0. The van der Waals surface area contributed by atoms with Gasteiger partial charge in [-0.1, -0.05) is 0 Å². The van der Waals surface area contributed by atoms with Crippen LogP contribution in [0, 0.1) is 0 Å². The molecule has 0 atom stereocenters. The third-order valence-corrected chi connectivity index (χ3v) is 0. The molecule has 0 saturated carbocycles. The van der Waals surface area contributed by atoms with Crippen molar-refractivity contribution in [1.29, 1.82) is 0 Å². The summed E-state index contributed by atoms with van der Waals surface area (Å²) in [6, 6.07) is 0. The Kier molecular flexibility index (Phi) is 4.79. The number of rotatable bonds is 0. The average Bonchev–Trinajstić information content (AvgIpc) is 0.722. The van der Waals surface area contributed by atoms with Crippen LogP contribution in [-0.2, 0) is 0 Å². The van der Waals surface area contributed by atoms with Crippen molar-refractivity contribution in [3.05, 3.63) is 0 Å². The molecule has 4 nitrogen and oxygen atoms in total. The van der Waals surface area contributed by atoms with E-state index in [1.54, 1.807) is 0 Å². The van der Waals surface area contributed by atoms with Crippen LogP contribution < -0.4 is 14.7 Å². The molecular formula is H2AlO4P. The molecule has 0 aliphatic rings. The maximum absolute atomic E-state index is 8.69. The van der Waals surface area contributed by atoms with Gasteiger partial charge < -0.3 is 0 Å². The van der Waals surface area contributed by atoms with Gasteiger partial charge in [0, 0.05) is 0 Å². The Bertz CT molecular complexity index is 23.0. The van der Waals surface area contributed by atoms with Crippen molar-refractivity contribution in [2.75, 3.05) is 0 Å². The van der Waals surface area contributed by atoms with Gasteiger partial charge in [0.25, 0.3) is 0 Å². The summed E-state index contributed by atoms with van der Waals surface area (Å²) in [7, 11) is -5.36. The van der Waals surface area contributed by atoms with Crippen LogP contribution in [0.2, 0.25) is 0 Å². The molecule has 0 fully saturated rings. The summed E-state index contributed by atoms with van der Waals surface area (Å²) in [5.41, 5.74) is 0. The molecule has 0 saturated heterocycles. The summed E-state index contributed by atoms with van der Waals surface area (Å²) in [6.07, 6.45) is 0. The third kappa shape index (κ3) is 108. The van der Waals surface area contributed by atoms with E-state index in [1.807, 2.05) is 0 Å². The van der Waals surface area contributed by atoms with Crippen LogP contribution >= 0.6 is 8.17 Å². The zero-order valence-corrected chi connectivity index (χ0v) is 4.90. The molecule has 0 aromatic rings. The second-order valence-electron chi connectivity index (χ2n) is 0.524. The first-order chi connectivity index (χ1) is 2.00. The molecule has 0 amide bonds. The normalized spacial score (nSPS) is 12.7. The van der Waals surface area contributed by atoms with Crippen molar-refractivity contribution in [1.82, 2.24) is 0 Å². The summed E-state index contributed by atoms with van der Waals surface area (Å²) in [6.45, 7) is 0. The molecule has 1 N–H and O–H groups in total. The Morgan fingerprint density at radius 2 is 1.17 bits per heavy atom. The van der Waals surface area contributed by atoms with Crippen LogP contribution in [0.5, 0.6) is 0 Å². The van der Waals surface area contributed by atoms with Crippen molar-refractivity contribution >= 4 is 25.5 Å². The Hall–Kier alpha value is 0.802. The van der Waals surface area contributed by atoms with Gasteiger partial charge in [0.15, 0.2) is 0 Å². The van der Waals surface area contributed by atoms with Gasteiger partial charge in [-0.2, -0.15) is 0 Å². The molecule has 34 valence electrons. The summed E-state index contributed by atoms with van der Waals surface area (Å²) in [5, 5.41) is 0. The standard InChI is InChI=1S/Al.H2O4P/c;1-5(2,3)4/h;1,5H/q+3;-3. The fourth-order valence-electron chi connectivity index (χ4n) is 0. The fourth-order valence-corrected chi connectivity index (χ4v) is 0. The molecular weight excluding hydrogens is 122 g/mol. The Labute approximate surface area is 45.9 Å². The second kappa shape index (κ2) is 2.89. The number of hydrogen-bond donors (Lipinski definition) is 1. The van der Waals surface area contributed by atoms with Gasteiger partial charge in [0.2, 0.25) is 0 Å². The second-order valence-corrected chi connectivity index (χ2v) is 1.57. The van der Waals surface area contributed by atoms with Gasteiger partial charge in [-0.25, -0.2) is 0 Å². The summed E-state index contributed by atoms with van der Waals surface area (Å²) in [4.78, 5) is 33.1. The molecule has 0 aromatic heterocycles. The first kappa shape index (κ1) is 9.93. The predicted molar refractivity (Wildman–Crippen MR) is 16.3 cm³/mol. The topological polar surface area (TPSA) is 89.4 Å². The van der Waals surface area contributed by atoms with Crippen LogP contribution in [0.3, 0.4) is 0 Å². The molecule has 0 unspecified atom stereocenters. The van der Waals surface area contributed by atoms with E-state index in [0.29, 0.717) is 0 Å². The zero-order valence-electron chi connectivity index (χ0n) is 2.75. The molecule has 0 aromatic carbocycles. The number of hydrogen-bond acceptors (Lipinski definition) is 4. The van der Waals surface area contributed by atoms with Gasteiger partial charge in [-0.3, -0.25) is 0 Å². The fraction of sp³-hybridized carbons (Fsp3) is 0. The predicted octanol–water partition coefficient (Wildman–Crippen LogP) is -3.91. The van der Waals surface area contributed by atoms with E-state index in [4.69, 9.17) is 19.6 Å². The van der Waals surface area contributed by atoms with E-state index in [1.165, 1.54) is 0 Å². The van der Waals surface area contributed by atoms with Crippen molar-refractivity contribution in [3.63, 3.8) is 0 Å². The molecule has 6 heteroatoms. The van der Waals surface area contributed by atoms with Crippen molar-refractivity contribution in [3.8, 4) is 0 Å². The first-order valence-corrected chi connectivity index (χ1v) is 2.51. The Morgan fingerprint density at radius 1 is 1.17 bits per heavy atom. The van der Waals surface area contributed by atoms with Crippen LogP contribution in [0.1, 0.15) is 0 Å². The summed E-state index contributed by atoms with van der Waals surface area (Å²) >= 11 is 0. The zero-order chi connectivity index (χ0) is 4.50. The molecule has 0 aliphatic carbocycles. The summed E-state index contributed by atoms with van der Waals surface area (Å²) in [5.74, 6) is 0. The molecule has 0 radical (unpaired) electrons. The van der Waals surface area contributed by atoms with Crippen LogP contribution in [-0.4, -0.2) is 22.3 Å². The summed E-state index contributed by atoms with van der Waals surface area (Å²) < 4.78 is 0. The van der Waals surface area contributed by atoms with Crippen molar-refractivity contribution in [2.45, 2.75) is 0 Å². The molecule has 0 heterocycles. The van der Waals surface area contributed by atoms with E-state index in [0.717, 1.165) is 0 Å². The quantitative estimate of drug-likeness (QED) is 0.264. The van der Waals surface area contributed by atoms with Gasteiger partial charge >= 0.3 is 45.1 Å². The van der Waals surface area contributed by atoms with E-state index < -0.39 is 8.17 Å². The van der Waals surface area contributed by atoms with Crippen LogP contribution in [0.25, 0.3) is 0 Å². The monoisotopic (exact) mass is 124 g/mol. The van der Waals surface area contributed by atoms with Gasteiger partial charge in [-0.15, -0.1) is 0 Å². The molecule has 0 bridgehead atoms. The van der Waals surface area contributed by atoms with Crippen LogP contribution in [0.4, 0.5) is 0 Å². The van der Waals surface area contributed by atoms with E-state index in [2.05, 4.69) is 0 Å². The van der Waals surface area contributed by atoms with Crippen molar-refractivity contribution < 1.29 is 19.6 Å². The molecule has 0 rings (SSSR count). The molecule has 0 spiro atoms. The van der Waals surface area contributed by atoms with Crippen LogP contribution in [0.15, 0.2) is 0 Å². The minimum atomic E-state index is -5.36. The van der Waals surface area contributed by atoms with E-state index in [9.17, 15) is 0 Å². The van der Waals surface area contributed by atoms with Gasteiger partial charge in [0.05, 0.1) is 0 Å². The molecule has 0 aliphatic heterocycles. The first-order valence-electron chi connectivity index (χ1n) is 0.836. The van der Waals surface area contributed by atoms with E-state index >= 15 is 0 Å². The average molecular weight is 124 g/mol. The minimum absolute atomic E-state index is 0. The molecule has 6 heavy (non-hydrogen) atoms. The van der Waals surface area contributed by atoms with Gasteiger partial charge in [0.1, 0.15) is 0 Å². The van der Waals surface area contributed by atoms with Gasteiger partial charge in [-0.05, 0) is 0 Å². The Morgan fingerprint density at radius 3 is 1.17 bits per heavy atom. The SMILES string of the molecule is [Al+3].[O-][PH]([O-])([O-])O.